The average molecular weight is 397 g/mol. The predicted molar refractivity (Wildman–Crippen MR) is 93.0 cm³/mol. The molecule has 0 bridgehead atoms. The third-order valence-corrected chi connectivity index (χ3v) is 4.76. The third kappa shape index (κ3) is 3.72. The molecular formula is C17H19Br2N. The molecule has 0 aromatic heterocycles. The molecule has 0 aliphatic carbocycles. The van der Waals surface area contributed by atoms with Gasteiger partial charge in [0.15, 0.2) is 0 Å². The molecule has 0 saturated heterocycles. The van der Waals surface area contributed by atoms with Gasteiger partial charge in [0.1, 0.15) is 0 Å². The van der Waals surface area contributed by atoms with Crippen LogP contribution in [0.3, 0.4) is 0 Å². The van der Waals surface area contributed by atoms with E-state index < -0.39 is 0 Å². The van der Waals surface area contributed by atoms with Gasteiger partial charge in [-0.2, -0.15) is 0 Å². The topological polar surface area (TPSA) is 12.0 Å². The lowest BCUT2D eigenvalue weighted by atomic mass is 10.0. The van der Waals surface area contributed by atoms with Gasteiger partial charge in [0.25, 0.3) is 0 Å². The van der Waals surface area contributed by atoms with E-state index in [0.717, 1.165) is 8.95 Å². The number of benzene rings is 2. The third-order valence-electron chi connectivity index (χ3n) is 3.58. The summed E-state index contributed by atoms with van der Waals surface area (Å²) < 4.78 is 2.22. The van der Waals surface area contributed by atoms with Crippen molar-refractivity contribution in [3.63, 3.8) is 0 Å². The lowest BCUT2D eigenvalue weighted by molar-refractivity contribution is 0.492. The molecule has 0 radical (unpaired) electrons. The summed E-state index contributed by atoms with van der Waals surface area (Å²) in [5.41, 5.74) is 3.95. The molecule has 2 aromatic rings. The molecule has 0 spiro atoms. The molecule has 0 saturated carbocycles. The molecule has 1 nitrogen and oxygen atoms in total. The van der Waals surface area contributed by atoms with Crippen LogP contribution in [0.4, 0.5) is 0 Å². The molecule has 0 amide bonds. The Bertz CT molecular complexity index is 595. The Balaban J connectivity index is 2.15. The molecule has 0 heterocycles. The van der Waals surface area contributed by atoms with Gasteiger partial charge in [-0.3, -0.25) is 0 Å². The molecule has 3 heteroatoms. The Morgan fingerprint density at radius 2 is 1.55 bits per heavy atom. The van der Waals surface area contributed by atoms with Gasteiger partial charge in [-0.1, -0.05) is 62.2 Å². The van der Waals surface area contributed by atoms with Crippen molar-refractivity contribution >= 4 is 31.9 Å². The van der Waals surface area contributed by atoms with Crippen LogP contribution in [-0.4, -0.2) is 0 Å². The summed E-state index contributed by atoms with van der Waals surface area (Å²) in [5.74, 6) is 0. The highest BCUT2D eigenvalue weighted by Crippen LogP contribution is 2.29. The second-order valence-corrected chi connectivity index (χ2v) is 6.90. The monoisotopic (exact) mass is 395 g/mol. The Hall–Kier alpha value is -0.640. The molecule has 2 rings (SSSR count). The fraction of sp³-hybridized carbons (Fsp3) is 0.294. The highest BCUT2D eigenvalue weighted by molar-refractivity contribution is 9.11. The van der Waals surface area contributed by atoms with Crippen LogP contribution in [0.5, 0.6) is 0 Å². The van der Waals surface area contributed by atoms with Crippen molar-refractivity contribution in [1.82, 2.24) is 5.32 Å². The van der Waals surface area contributed by atoms with E-state index in [1.54, 1.807) is 0 Å². The maximum absolute atomic E-state index is 3.67. The van der Waals surface area contributed by atoms with Crippen molar-refractivity contribution in [3.05, 3.63) is 68.1 Å². The second kappa shape index (κ2) is 6.88. The summed E-state index contributed by atoms with van der Waals surface area (Å²) in [6, 6.07) is 15.5. The molecular weight excluding hydrogens is 378 g/mol. The van der Waals surface area contributed by atoms with Gasteiger partial charge in [0, 0.05) is 21.0 Å². The van der Waals surface area contributed by atoms with Gasteiger partial charge < -0.3 is 5.32 Å². The predicted octanol–water partition coefficient (Wildman–Crippen LogP) is 5.93. The first-order valence-electron chi connectivity index (χ1n) is 6.75. The highest BCUT2D eigenvalue weighted by atomic mass is 79.9. The fourth-order valence-corrected chi connectivity index (χ4v) is 3.87. The number of hydrogen-bond donors (Lipinski definition) is 1. The molecule has 2 atom stereocenters. The van der Waals surface area contributed by atoms with Gasteiger partial charge >= 0.3 is 0 Å². The molecule has 0 fully saturated rings. The highest BCUT2D eigenvalue weighted by Gasteiger charge is 2.14. The first-order chi connectivity index (χ1) is 9.49. The Morgan fingerprint density at radius 1 is 0.900 bits per heavy atom. The normalized spacial score (nSPS) is 14.1. The van der Waals surface area contributed by atoms with Crippen molar-refractivity contribution in [2.75, 3.05) is 0 Å². The van der Waals surface area contributed by atoms with Crippen molar-refractivity contribution in [3.8, 4) is 0 Å². The summed E-state index contributed by atoms with van der Waals surface area (Å²) in [6.07, 6.45) is 0. The van der Waals surface area contributed by atoms with E-state index in [4.69, 9.17) is 0 Å². The minimum Gasteiger partial charge on any atom is -0.304 e. The minimum absolute atomic E-state index is 0.284. The second-order valence-electron chi connectivity index (χ2n) is 5.13. The molecule has 2 aromatic carbocycles. The minimum atomic E-state index is 0.284. The summed E-state index contributed by atoms with van der Waals surface area (Å²) in [6.45, 7) is 6.57. The van der Waals surface area contributed by atoms with Crippen molar-refractivity contribution < 1.29 is 0 Å². The largest absolute Gasteiger partial charge is 0.304 e. The van der Waals surface area contributed by atoms with Gasteiger partial charge in [-0.25, -0.2) is 0 Å². The first kappa shape index (κ1) is 15.7. The molecule has 106 valence electrons. The van der Waals surface area contributed by atoms with E-state index in [2.05, 4.69) is 100 Å². The lowest BCUT2D eigenvalue weighted by Gasteiger charge is -2.23. The maximum atomic E-state index is 3.67. The quantitative estimate of drug-likeness (QED) is 0.674. The zero-order valence-corrected chi connectivity index (χ0v) is 15.1. The van der Waals surface area contributed by atoms with Crippen LogP contribution in [0.15, 0.2) is 51.4 Å². The van der Waals surface area contributed by atoms with E-state index in [0.29, 0.717) is 6.04 Å². The Kier molecular flexibility index (Phi) is 5.42. The Labute approximate surface area is 138 Å². The average Bonchev–Trinajstić information content (AvgIpc) is 2.38. The van der Waals surface area contributed by atoms with Crippen LogP contribution in [0.25, 0.3) is 0 Å². The summed E-state index contributed by atoms with van der Waals surface area (Å²) >= 11 is 7.13. The van der Waals surface area contributed by atoms with E-state index in [1.165, 1.54) is 16.7 Å². The molecule has 0 aliphatic heterocycles. The Morgan fingerprint density at radius 3 is 2.20 bits per heavy atom. The van der Waals surface area contributed by atoms with Crippen LogP contribution >= 0.6 is 31.9 Å². The zero-order chi connectivity index (χ0) is 14.7. The molecule has 2 unspecified atom stereocenters. The van der Waals surface area contributed by atoms with Crippen LogP contribution in [0.1, 0.15) is 42.6 Å². The smallest absolute Gasteiger partial charge is 0.0308 e. The lowest BCUT2D eigenvalue weighted by Crippen LogP contribution is -2.23. The van der Waals surface area contributed by atoms with Crippen LogP contribution in [0, 0.1) is 6.92 Å². The van der Waals surface area contributed by atoms with E-state index >= 15 is 0 Å². The number of halogens is 2. The van der Waals surface area contributed by atoms with E-state index in [-0.39, 0.29) is 6.04 Å². The van der Waals surface area contributed by atoms with Crippen LogP contribution in [0.2, 0.25) is 0 Å². The summed E-state index contributed by atoms with van der Waals surface area (Å²) in [7, 11) is 0. The number of aryl methyl sites for hydroxylation is 1. The SMILES string of the molecule is Cc1ccccc1C(C)NC(C)c1ccc(Br)cc1Br. The fourth-order valence-electron chi connectivity index (χ4n) is 2.48. The van der Waals surface area contributed by atoms with Gasteiger partial charge in [-0.15, -0.1) is 0 Å². The summed E-state index contributed by atoms with van der Waals surface area (Å²) in [4.78, 5) is 0. The van der Waals surface area contributed by atoms with Gasteiger partial charge in [-0.05, 0) is 49.6 Å². The first-order valence-corrected chi connectivity index (χ1v) is 8.34. The standard InChI is InChI=1S/C17H19Br2N/c1-11-6-4-5-7-15(11)12(2)20-13(3)16-9-8-14(18)10-17(16)19/h4-10,12-13,20H,1-3H3. The van der Waals surface area contributed by atoms with Crippen molar-refractivity contribution in [2.24, 2.45) is 0 Å². The van der Waals surface area contributed by atoms with Gasteiger partial charge in [0.2, 0.25) is 0 Å². The number of nitrogens with one attached hydrogen (secondary N) is 1. The maximum Gasteiger partial charge on any atom is 0.0308 e. The van der Waals surface area contributed by atoms with Crippen LogP contribution in [-0.2, 0) is 0 Å². The zero-order valence-electron chi connectivity index (χ0n) is 12.0. The number of hydrogen-bond acceptors (Lipinski definition) is 1. The molecule has 0 aliphatic rings. The summed E-state index contributed by atoms with van der Waals surface area (Å²) in [5, 5.41) is 3.67. The number of rotatable bonds is 4. The van der Waals surface area contributed by atoms with Crippen molar-refractivity contribution in [1.29, 1.82) is 0 Å². The van der Waals surface area contributed by atoms with Gasteiger partial charge in [0.05, 0.1) is 0 Å². The van der Waals surface area contributed by atoms with Crippen molar-refractivity contribution in [2.45, 2.75) is 32.9 Å². The van der Waals surface area contributed by atoms with E-state index in [9.17, 15) is 0 Å². The molecule has 1 N–H and O–H groups in total. The molecule has 20 heavy (non-hydrogen) atoms. The van der Waals surface area contributed by atoms with Crippen LogP contribution < -0.4 is 5.32 Å². The van der Waals surface area contributed by atoms with E-state index in [1.807, 2.05) is 0 Å².